The monoisotopic (exact) mass is 324 g/mol. The lowest BCUT2D eigenvalue weighted by Crippen LogP contribution is -2.42. The van der Waals surface area contributed by atoms with Crippen LogP contribution >= 0.6 is 34.8 Å². The standard InChI is InChI=1S/C12H15Cl3N2O2/c1-4-17(6-12(2,3)19)11(18)10-9(15)8(14)7(13)5-16-10/h5,19H,4,6H2,1-3H3. The summed E-state index contributed by atoms with van der Waals surface area (Å²) in [7, 11) is 0. The number of carbonyl (C=O) groups is 1. The van der Waals surface area contributed by atoms with Gasteiger partial charge in [0, 0.05) is 19.3 Å². The Kier molecular flexibility index (Phi) is 5.44. The fourth-order valence-corrected chi connectivity index (χ4v) is 2.10. The SMILES string of the molecule is CCN(CC(C)(C)O)C(=O)c1ncc(Cl)c(Cl)c1Cl. The van der Waals surface area contributed by atoms with Gasteiger partial charge >= 0.3 is 0 Å². The van der Waals surface area contributed by atoms with Crippen LogP contribution in [0.4, 0.5) is 0 Å². The van der Waals surface area contributed by atoms with Crippen molar-refractivity contribution >= 4 is 40.7 Å². The highest BCUT2D eigenvalue weighted by molar-refractivity contribution is 6.48. The number of nitrogens with zero attached hydrogens (tertiary/aromatic N) is 2. The van der Waals surface area contributed by atoms with Gasteiger partial charge in [0.05, 0.1) is 20.7 Å². The highest BCUT2D eigenvalue weighted by Gasteiger charge is 2.25. The van der Waals surface area contributed by atoms with E-state index in [1.165, 1.54) is 11.1 Å². The fraction of sp³-hybridized carbons (Fsp3) is 0.500. The molecule has 1 N–H and O–H groups in total. The van der Waals surface area contributed by atoms with Crippen molar-refractivity contribution in [1.82, 2.24) is 9.88 Å². The molecule has 0 aliphatic rings. The second kappa shape index (κ2) is 6.27. The molecule has 1 rings (SSSR count). The molecule has 0 saturated heterocycles. The van der Waals surface area contributed by atoms with Gasteiger partial charge in [0.25, 0.3) is 5.91 Å². The first-order chi connectivity index (χ1) is 8.67. The fourth-order valence-electron chi connectivity index (χ4n) is 1.54. The number of hydrogen-bond donors (Lipinski definition) is 1. The van der Waals surface area contributed by atoms with E-state index in [0.29, 0.717) is 6.54 Å². The molecule has 0 aliphatic heterocycles. The Morgan fingerprint density at radius 2 is 1.95 bits per heavy atom. The predicted octanol–water partition coefficient (Wildman–Crippen LogP) is 3.27. The van der Waals surface area contributed by atoms with Gasteiger partial charge in [-0.2, -0.15) is 0 Å². The molecule has 0 spiro atoms. The van der Waals surface area contributed by atoms with Gasteiger partial charge in [-0.15, -0.1) is 0 Å². The number of likely N-dealkylation sites (N-methyl/N-ethyl adjacent to an activating group) is 1. The molecule has 0 atom stereocenters. The molecular formula is C12H15Cl3N2O2. The second-order valence-electron chi connectivity index (χ2n) is 4.71. The summed E-state index contributed by atoms with van der Waals surface area (Å²) in [6.45, 7) is 5.62. The Morgan fingerprint density at radius 1 is 1.37 bits per heavy atom. The summed E-state index contributed by atoms with van der Waals surface area (Å²) in [5.41, 5.74) is -0.976. The van der Waals surface area contributed by atoms with Crippen LogP contribution in [0.15, 0.2) is 6.20 Å². The molecule has 1 amide bonds. The Morgan fingerprint density at radius 3 is 2.42 bits per heavy atom. The molecule has 0 aliphatic carbocycles. The molecule has 7 heteroatoms. The number of aliphatic hydroxyl groups is 1. The lowest BCUT2D eigenvalue weighted by atomic mass is 10.1. The number of hydrogen-bond acceptors (Lipinski definition) is 3. The highest BCUT2D eigenvalue weighted by atomic mass is 35.5. The molecule has 19 heavy (non-hydrogen) atoms. The van der Waals surface area contributed by atoms with Gasteiger partial charge in [-0.25, -0.2) is 4.98 Å². The van der Waals surface area contributed by atoms with Crippen molar-refractivity contribution in [2.24, 2.45) is 0 Å². The van der Waals surface area contributed by atoms with E-state index in [0.717, 1.165) is 0 Å². The lowest BCUT2D eigenvalue weighted by molar-refractivity contribution is 0.0311. The first-order valence-corrected chi connectivity index (χ1v) is 6.82. The average Bonchev–Trinajstić information content (AvgIpc) is 2.31. The van der Waals surface area contributed by atoms with Crippen LogP contribution in [-0.4, -0.2) is 39.6 Å². The van der Waals surface area contributed by atoms with Gasteiger partial charge in [-0.05, 0) is 20.8 Å². The second-order valence-corrected chi connectivity index (χ2v) is 5.88. The van der Waals surface area contributed by atoms with Crippen LogP contribution in [-0.2, 0) is 0 Å². The van der Waals surface area contributed by atoms with Crippen LogP contribution in [0.2, 0.25) is 15.1 Å². The van der Waals surface area contributed by atoms with E-state index in [-0.39, 0.29) is 27.3 Å². The van der Waals surface area contributed by atoms with Gasteiger partial charge in [0.15, 0.2) is 0 Å². The summed E-state index contributed by atoms with van der Waals surface area (Å²) in [5.74, 6) is -0.395. The topological polar surface area (TPSA) is 53.4 Å². The largest absolute Gasteiger partial charge is 0.389 e. The van der Waals surface area contributed by atoms with E-state index >= 15 is 0 Å². The van der Waals surface area contributed by atoms with Crippen LogP contribution in [0, 0.1) is 0 Å². The number of amides is 1. The molecule has 0 radical (unpaired) electrons. The van der Waals surface area contributed by atoms with Crippen LogP contribution < -0.4 is 0 Å². The first-order valence-electron chi connectivity index (χ1n) is 5.68. The van der Waals surface area contributed by atoms with E-state index < -0.39 is 11.5 Å². The maximum atomic E-state index is 12.3. The minimum atomic E-state index is -1.01. The Balaban J connectivity index is 3.08. The Bertz CT molecular complexity index is 487. The normalized spacial score (nSPS) is 11.5. The molecule has 0 fully saturated rings. The molecule has 0 bridgehead atoms. The van der Waals surface area contributed by atoms with Gasteiger partial charge in [-0.1, -0.05) is 34.8 Å². The number of carbonyl (C=O) groups excluding carboxylic acids is 1. The molecule has 0 saturated carbocycles. The van der Waals surface area contributed by atoms with Crippen LogP contribution in [0.1, 0.15) is 31.3 Å². The zero-order valence-electron chi connectivity index (χ0n) is 10.9. The minimum absolute atomic E-state index is 0.0216. The molecule has 106 valence electrons. The number of pyridine rings is 1. The molecule has 1 aromatic heterocycles. The van der Waals surface area contributed by atoms with E-state index in [4.69, 9.17) is 34.8 Å². The Hall–Kier alpha value is -0.550. The van der Waals surface area contributed by atoms with Gasteiger partial charge in [0.1, 0.15) is 5.69 Å². The van der Waals surface area contributed by atoms with Gasteiger partial charge in [0.2, 0.25) is 0 Å². The molecule has 0 unspecified atom stereocenters. The van der Waals surface area contributed by atoms with Crippen LogP contribution in [0.5, 0.6) is 0 Å². The Labute approximate surface area is 127 Å². The zero-order chi connectivity index (χ0) is 14.8. The third-order valence-electron chi connectivity index (χ3n) is 2.37. The van der Waals surface area contributed by atoms with Crippen molar-refractivity contribution in [3.63, 3.8) is 0 Å². The highest BCUT2D eigenvalue weighted by Crippen LogP contribution is 2.31. The summed E-state index contributed by atoms with van der Waals surface area (Å²) in [6.07, 6.45) is 1.28. The molecular weight excluding hydrogens is 311 g/mol. The van der Waals surface area contributed by atoms with Crippen molar-refractivity contribution in [3.8, 4) is 0 Å². The number of rotatable bonds is 4. The molecule has 4 nitrogen and oxygen atoms in total. The third-order valence-corrected chi connectivity index (χ3v) is 3.61. The first kappa shape index (κ1) is 16.5. The van der Waals surface area contributed by atoms with Crippen molar-refractivity contribution < 1.29 is 9.90 Å². The van der Waals surface area contributed by atoms with Crippen molar-refractivity contribution in [2.45, 2.75) is 26.4 Å². The van der Waals surface area contributed by atoms with E-state index in [9.17, 15) is 9.90 Å². The average molecular weight is 326 g/mol. The predicted molar refractivity (Wildman–Crippen MR) is 77.1 cm³/mol. The summed E-state index contributed by atoms with van der Waals surface area (Å²) in [5, 5.41) is 10.1. The number of aromatic nitrogens is 1. The minimum Gasteiger partial charge on any atom is -0.389 e. The summed E-state index contributed by atoms with van der Waals surface area (Å²) in [6, 6.07) is 0. The summed E-state index contributed by atoms with van der Waals surface area (Å²) < 4.78 is 0. The number of halogens is 3. The smallest absolute Gasteiger partial charge is 0.274 e. The molecule has 0 aromatic carbocycles. The lowest BCUT2D eigenvalue weighted by Gasteiger charge is -2.28. The van der Waals surface area contributed by atoms with Crippen LogP contribution in [0.25, 0.3) is 0 Å². The van der Waals surface area contributed by atoms with Crippen molar-refractivity contribution in [2.75, 3.05) is 13.1 Å². The summed E-state index contributed by atoms with van der Waals surface area (Å²) in [4.78, 5) is 17.7. The van der Waals surface area contributed by atoms with Crippen molar-refractivity contribution in [1.29, 1.82) is 0 Å². The quantitative estimate of drug-likeness (QED) is 0.924. The molecule has 1 aromatic rings. The maximum absolute atomic E-state index is 12.3. The molecule has 1 heterocycles. The summed E-state index contributed by atoms with van der Waals surface area (Å²) >= 11 is 17.6. The van der Waals surface area contributed by atoms with Crippen LogP contribution in [0.3, 0.4) is 0 Å². The van der Waals surface area contributed by atoms with E-state index in [2.05, 4.69) is 4.98 Å². The van der Waals surface area contributed by atoms with Gasteiger partial charge < -0.3 is 10.0 Å². The maximum Gasteiger partial charge on any atom is 0.274 e. The van der Waals surface area contributed by atoms with E-state index in [1.807, 2.05) is 0 Å². The van der Waals surface area contributed by atoms with Crippen molar-refractivity contribution in [3.05, 3.63) is 27.0 Å². The third kappa shape index (κ3) is 4.21. The zero-order valence-corrected chi connectivity index (χ0v) is 13.1. The van der Waals surface area contributed by atoms with Gasteiger partial charge in [-0.3, -0.25) is 4.79 Å². The van der Waals surface area contributed by atoms with E-state index in [1.54, 1.807) is 20.8 Å².